The van der Waals surface area contributed by atoms with Crippen LogP contribution in [0, 0.1) is 12.5 Å². The minimum absolute atomic E-state index is 0. The maximum atomic E-state index is 12.1. The summed E-state index contributed by atoms with van der Waals surface area (Å²) >= 11 is 0. The van der Waals surface area contributed by atoms with Gasteiger partial charge in [0, 0.05) is 24.9 Å². The molecule has 1 aromatic heterocycles. The largest absolute Gasteiger partial charge is 2.00 e. The SMILES string of the molecule is C[C@@H]1CN([C@@H]2[CH-]c3ccccc3OC2)CCO1.FC(F)(F)c1nc2ccc[c-]c2[nH]1.[Mn+2]. The number of ether oxygens (including phenoxy) is 2. The van der Waals surface area contributed by atoms with Gasteiger partial charge >= 0.3 is 23.2 Å². The van der Waals surface area contributed by atoms with Gasteiger partial charge in [-0.25, -0.2) is 0 Å². The minimum Gasteiger partial charge on any atom is -0.550 e. The first-order chi connectivity index (χ1) is 14.4. The Balaban J connectivity index is 0.000000176. The first-order valence-corrected chi connectivity index (χ1v) is 9.76. The van der Waals surface area contributed by atoms with E-state index in [2.05, 4.69) is 46.4 Å². The van der Waals surface area contributed by atoms with Crippen LogP contribution in [0.15, 0.2) is 42.5 Å². The number of nitrogens with zero attached hydrogens (tertiary/aromatic N) is 2. The van der Waals surface area contributed by atoms with Gasteiger partial charge in [0.1, 0.15) is 0 Å². The van der Waals surface area contributed by atoms with Crippen molar-refractivity contribution in [2.75, 3.05) is 26.3 Å². The fourth-order valence-corrected chi connectivity index (χ4v) is 3.56. The number of hydrogen-bond donors (Lipinski definition) is 1. The second-order valence-corrected chi connectivity index (χ2v) is 7.27. The third kappa shape index (κ3) is 5.74. The molecule has 0 amide bonds. The number of H-pyrrole nitrogens is 1. The fraction of sp³-hybridized carbons (Fsp3) is 0.364. The molecule has 5 nitrogen and oxygen atoms in total. The Morgan fingerprint density at radius 1 is 1.23 bits per heavy atom. The van der Waals surface area contributed by atoms with Crippen LogP contribution in [0.25, 0.3) is 11.0 Å². The van der Waals surface area contributed by atoms with Crippen LogP contribution in [-0.4, -0.2) is 53.3 Å². The standard InChI is InChI=1S/C14H18NO2.C8H4F3N2.Mn/c1-11-9-15(6-7-16-11)13-8-12-4-2-3-5-14(12)17-10-13;9-8(10,11)7-12-5-3-1-2-4-6(5)13-7;/h2-5,8,11,13H,6-7,9-10H2,1H3;1-3H,(H,12,13);/q2*-1;+2/t11-,13-;;/m1../s1. The van der Waals surface area contributed by atoms with Gasteiger partial charge in [0.25, 0.3) is 0 Å². The third-order valence-electron chi connectivity index (χ3n) is 5.02. The van der Waals surface area contributed by atoms with Crippen LogP contribution >= 0.6 is 0 Å². The van der Waals surface area contributed by atoms with Crippen molar-refractivity contribution in [3.05, 3.63) is 66.3 Å². The zero-order valence-electron chi connectivity index (χ0n) is 16.8. The predicted molar refractivity (Wildman–Crippen MR) is 106 cm³/mol. The number of rotatable bonds is 1. The number of fused-ring (bicyclic) bond motifs is 2. The van der Waals surface area contributed by atoms with Crippen molar-refractivity contribution in [3.63, 3.8) is 0 Å². The number of alkyl halides is 3. The summed E-state index contributed by atoms with van der Waals surface area (Å²) in [5.41, 5.74) is 1.76. The molecule has 0 saturated carbocycles. The van der Waals surface area contributed by atoms with E-state index in [9.17, 15) is 13.2 Å². The van der Waals surface area contributed by atoms with Gasteiger partial charge in [0.05, 0.1) is 19.3 Å². The molecule has 2 aliphatic heterocycles. The molecular formula is C22H22F3MnN3O2. The quantitative estimate of drug-likeness (QED) is 0.428. The normalized spacial score (nSPS) is 21.0. The van der Waals surface area contributed by atoms with Crippen molar-refractivity contribution < 1.29 is 39.7 Å². The van der Waals surface area contributed by atoms with Gasteiger partial charge in [-0.15, -0.1) is 17.7 Å². The Labute approximate surface area is 189 Å². The molecule has 1 N–H and O–H groups in total. The van der Waals surface area contributed by atoms with E-state index in [4.69, 9.17) is 9.47 Å². The maximum Gasteiger partial charge on any atom is 2.00 e. The summed E-state index contributed by atoms with van der Waals surface area (Å²) in [6, 6.07) is 15.8. The summed E-state index contributed by atoms with van der Waals surface area (Å²) in [4.78, 5) is 7.96. The molecule has 0 spiro atoms. The molecule has 3 aromatic rings. The van der Waals surface area contributed by atoms with Crippen molar-refractivity contribution in [1.82, 2.24) is 14.9 Å². The number of halogens is 3. The zero-order chi connectivity index (χ0) is 21.1. The Morgan fingerprint density at radius 3 is 2.77 bits per heavy atom. The van der Waals surface area contributed by atoms with E-state index in [1.807, 2.05) is 12.1 Å². The maximum absolute atomic E-state index is 12.1. The number of hydrogen-bond acceptors (Lipinski definition) is 4. The number of aromatic nitrogens is 2. The Kier molecular flexibility index (Phi) is 7.54. The summed E-state index contributed by atoms with van der Waals surface area (Å²) in [5, 5.41) is 0. The van der Waals surface area contributed by atoms with Crippen LogP contribution in [0.4, 0.5) is 13.2 Å². The van der Waals surface area contributed by atoms with Crippen molar-refractivity contribution in [1.29, 1.82) is 0 Å². The molecule has 1 saturated heterocycles. The summed E-state index contributed by atoms with van der Waals surface area (Å²) in [6.45, 7) is 5.70. The van der Waals surface area contributed by atoms with Crippen LogP contribution in [0.2, 0.25) is 0 Å². The van der Waals surface area contributed by atoms with Crippen LogP contribution in [0.3, 0.4) is 0 Å². The molecule has 9 heteroatoms. The van der Waals surface area contributed by atoms with Gasteiger partial charge in [-0.3, -0.25) is 9.88 Å². The molecule has 31 heavy (non-hydrogen) atoms. The first kappa shape index (κ1) is 23.5. The monoisotopic (exact) mass is 472 g/mol. The molecule has 2 aliphatic rings. The van der Waals surface area contributed by atoms with E-state index >= 15 is 0 Å². The van der Waals surface area contributed by atoms with Gasteiger partial charge in [0.15, 0.2) is 5.82 Å². The fourth-order valence-electron chi connectivity index (χ4n) is 3.56. The molecule has 1 fully saturated rings. The van der Waals surface area contributed by atoms with E-state index in [1.165, 1.54) is 17.7 Å². The van der Waals surface area contributed by atoms with Crippen molar-refractivity contribution >= 4 is 11.0 Å². The molecule has 2 atom stereocenters. The van der Waals surface area contributed by atoms with Crippen molar-refractivity contribution in [3.8, 4) is 5.75 Å². The summed E-state index contributed by atoms with van der Waals surface area (Å²) in [6.07, 6.45) is -1.78. The number of nitrogens with one attached hydrogen (secondary N) is 1. The zero-order valence-corrected chi connectivity index (χ0v) is 18.0. The number of benzene rings is 2. The Hall–Kier alpha value is -2.19. The van der Waals surface area contributed by atoms with E-state index in [1.54, 1.807) is 6.07 Å². The summed E-state index contributed by atoms with van der Waals surface area (Å²) in [5.74, 6) is 0.0232. The smallest absolute Gasteiger partial charge is 0.550 e. The van der Waals surface area contributed by atoms with E-state index in [0.717, 1.165) is 32.1 Å². The van der Waals surface area contributed by atoms with Gasteiger partial charge in [-0.1, -0.05) is 12.1 Å². The van der Waals surface area contributed by atoms with Crippen LogP contribution < -0.4 is 4.74 Å². The molecule has 0 aliphatic carbocycles. The van der Waals surface area contributed by atoms with Gasteiger partial charge in [-0.2, -0.15) is 43.9 Å². The first-order valence-electron chi connectivity index (χ1n) is 9.76. The molecule has 0 unspecified atom stereocenters. The summed E-state index contributed by atoms with van der Waals surface area (Å²) < 4.78 is 47.7. The second kappa shape index (κ2) is 9.95. The number of aromatic amines is 1. The molecular weight excluding hydrogens is 450 g/mol. The van der Waals surface area contributed by atoms with Gasteiger partial charge in [0.2, 0.25) is 0 Å². The van der Waals surface area contributed by atoms with Crippen LogP contribution in [0.1, 0.15) is 18.3 Å². The third-order valence-corrected chi connectivity index (χ3v) is 5.02. The van der Waals surface area contributed by atoms with E-state index in [-0.39, 0.29) is 28.1 Å². The van der Waals surface area contributed by atoms with Crippen molar-refractivity contribution in [2.45, 2.75) is 25.2 Å². The molecule has 165 valence electrons. The van der Waals surface area contributed by atoms with Crippen LogP contribution in [0.5, 0.6) is 5.75 Å². The minimum atomic E-state index is -4.42. The molecule has 1 radical (unpaired) electrons. The van der Waals surface area contributed by atoms with E-state index in [0.29, 0.717) is 12.1 Å². The average Bonchev–Trinajstić information content (AvgIpc) is 3.19. The van der Waals surface area contributed by atoms with Crippen LogP contribution in [-0.2, 0) is 28.0 Å². The topological polar surface area (TPSA) is 50.4 Å². The molecule has 2 aromatic carbocycles. The summed E-state index contributed by atoms with van der Waals surface area (Å²) in [7, 11) is 0. The number of para-hydroxylation sites is 2. The number of morpholine rings is 1. The molecule has 5 rings (SSSR count). The second-order valence-electron chi connectivity index (χ2n) is 7.27. The van der Waals surface area contributed by atoms with E-state index < -0.39 is 12.0 Å². The average molecular weight is 472 g/mol. The Bertz CT molecular complexity index is 962. The van der Waals surface area contributed by atoms with Crippen molar-refractivity contribution in [2.24, 2.45) is 0 Å². The molecule has 0 bridgehead atoms. The predicted octanol–water partition coefficient (Wildman–Crippen LogP) is 4.10. The van der Waals surface area contributed by atoms with Gasteiger partial charge in [-0.05, 0) is 18.0 Å². The Morgan fingerprint density at radius 2 is 2.03 bits per heavy atom. The number of imidazole rings is 1. The van der Waals surface area contributed by atoms with Gasteiger partial charge < -0.3 is 14.5 Å². The molecule has 3 heterocycles.